The molecule has 0 fully saturated rings. The Balaban J connectivity index is 1.89. The molecule has 1 N–H and O–H groups in total. The number of furan rings is 1. The predicted octanol–water partition coefficient (Wildman–Crippen LogP) is 2.33. The van der Waals surface area contributed by atoms with Crippen molar-refractivity contribution < 1.29 is 4.42 Å². The van der Waals surface area contributed by atoms with Gasteiger partial charge in [0.15, 0.2) is 0 Å². The summed E-state index contributed by atoms with van der Waals surface area (Å²) in [6.07, 6.45) is 6.83. The van der Waals surface area contributed by atoms with E-state index in [-0.39, 0.29) is 0 Å². The van der Waals surface area contributed by atoms with Crippen LogP contribution in [0.25, 0.3) is 0 Å². The molecule has 0 amide bonds. The van der Waals surface area contributed by atoms with E-state index in [1.807, 2.05) is 30.3 Å². The Morgan fingerprint density at radius 3 is 3.06 bits per heavy atom. The van der Waals surface area contributed by atoms with Crippen LogP contribution in [0.1, 0.15) is 30.2 Å². The Hall–Kier alpha value is -1.55. The van der Waals surface area contributed by atoms with Crippen molar-refractivity contribution in [2.75, 3.05) is 6.54 Å². The third-order valence-corrected chi connectivity index (χ3v) is 2.54. The molecule has 0 aromatic carbocycles. The Bertz CT molecular complexity index is 459. The van der Waals surface area contributed by atoms with Crippen LogP contribution in [0.3, 0.4) is 0 Å². The van der Waals surface area contributed by atoms with Crippen molar-refractivity contribution in [1.29, 1.82) is 0 Å². The molecule has 0 spiro atoms. The maximum absolute atomic E-state index is 5.51. The highest BCUT2D eigenvalue weighted by Gasteiger charge is 2.03. The van der Waals surface area contributed by atoms with Gasteiger partial charge in [-0.25, -0.2) is 0 Å². The van der Waals surface area contributed by atoms with E-state index in [2.05, 4.69) is 23.4 Å². The molecule has 2 aromatic heterocycles. The quantitative estimate of drug-likeness (QED) is 0.779. The van der Waals surface area contributed by atoms with Crippen LogP contribution in [0.2, 0.25) is 0 Å². The maximum atomic E-state index is 5.51. The summed E-state index contributed by atoms with van der Waals surface area (Å²) in [5.74, 6) is 0.946. The topological polar surface area (TPSA) is 43.0 Å². The molecule has 0 radical (unpaired) electrons. The largest absolute Gasteiger partial charge is 0.467 e. The van der Waals surface area contributed by atoms with Crippen molar-refractivity contribution in [2.45, 2.75) is 33.4 Å². The second-order valence-electron chi connectivity index (χ2n) is 4.31. The molecule has 0 aliphatic rings. The molecule has 2 aromatic rings. The lowest BCUT2D eigenvalue weighted by molar-refractivity contribution is 0.478. The van der Waals surface area contributed by atoms with Gasteiger partial charge in [-0.15, -0.1) is 0 Å². The smallest absolute Gasteiger partial charge is 0.125 e. The average Bonchev–Trinajstić information content (AvgIpc) is 2.90. The summed E-state index contributed by atoms with van der Waals surface area (Å²) in [5, 5.41) is 7.59. The minimum Gasteiger partial charge on any atom is -0.467 e. The molecule has 4 heteroatoms. The molecule has 0 saturated carbocycles. The van der Waals surface area contributed by atoms with Crippen LogP contribution < -0.4 is 5.32 Å². The first-order valence-electron chi connectivity index (χ1n) is 6.04. The predicted molar refractivity (Wildman–Crippen MR) is 66.8 cm³/mol. The van der Waals surface area contributed by atoms with Crippen LogP contribution in [0.4, 0.5) is 0 Å². The summed E-state index contributed by atoms with van der Waals surface area (Å²) >= 11 is 0. The Kier molecular flexibility index (Phi) is 3.98. The number of nitrogens with one attached hydrogen (secondary N) is 1. The van der Waals surface area contributed by atoms with Crippen LogP contribution in [0.15, 0.2) is 29.1 Å². The lowest BCUT2D eigenvalue weighted by Crippen LogP contribution is -2.13. The van der Waals surface area contributed by atoms with Crippen molar-refractivity contribution in [1.82, 2.24) is 15.1 Å². The zero-order chi connectivity index (χ0) is 12.1. The van der Waals surface area contributed by atoms with Gasteiger partial charge in [0.05, 0.1) is 19.0 Å². The lowest BCUT2D eigenvalue weighted by Gasteiger charge is -1.98. The van der Waals surface area contributed by atoms with Crippen molar-refractivity contribution in [3.63, 3.8) is 0 Å². The molecule has 17 heavy (non-hydrogen) atoms. The monoisotopic (exact) mass is 233 g/mol. The van der Waals surface area contributed by atoms with Gasteiger partial charge in [0, 0.05) is 18.3 Å². The van der Waals surface area contributed by atoms with Crippen molar-refractivity contribution in [2.24, 2.45) is 0 Å². The number of hydrogen-bond acceptors (Lipinski definition) is 3. The van der Waals surface area contributed by atoms with Gasteiger partial charge in [0.1, 0.15) is 5.76 Å². The van der Waals surface area contributed by atoms with Crippen LogP contribution in [0.5, 0.6) is 0 Å². The fourth-order valence-corrected chi connectivity index (χ4v) is 1.72. The van der Waals surface area contributed by atoms with E-state index in [4.69, 9.17) is 4.42 Å². The number of rotatable bonds is 6. The van der Waals surface area contributed by atoms with Crippen LogP contribution in [-0.2, 0) is 13.1 Å². The molecule has 92 valence electrons. The van der Waals surface area contributed by atoms with E-state index in [1.165, 1.54) is 11.1 Å². The highest BCUT2D eigenvalue weighted by molar-refractivity contribution is 5.13. The van der Waals surface area contributed by atoms with E-state index in [9.17, 15) is 0 Å². The summed E-state index contributed by atoms with van der Waals surface area (Å²) in [7, 11) is 0. The van der Waals surface area contributed by atoms with Gasteiger partial charge in [0.2, 0.25) is 0 Å². The van der Waals surface area contributed by atoms with Gasteiger partial charge in [-0.3, -0.25) is 4.68 Å². The molecular formula is C13H19N3O. The Morgan fingerprint density at radius 1 is 1.47 bits per heavy atom. The first-order valence-corrected chi connectivity index (χ1v) is 6.04. The van der Waals surface area contributed by atoms with Gasteiger partial charge >= 0.3 is 0 Å². The SMILES string of the molecule is CCCNCc1coc(Cn2cc(C)cn2)c1. The summed E-state index contributed by atoms with van der Waals surface area (Å²) in [4.78, 5) is 0. The van der Waals surface area contributed by atoms with Crippen molar-refractivity contribution in [3.8, 4) is 0 Å². The second kappa shape index (κ2) is 5.68. The highest BCUT2D eigenvalue weighted by Crippen LogP contribution is 2.09. The van der Waals surface area contributed by atoms with E-state index in [0.717, 1.165) is 25.3 Å². The molecule has 2 rings (SSSR count). The summed E-state index contributed by atoms with van der Waals surface area (Å²) in [5.41, 5.74) is 2.36. The maximum Gasteiger partial charge on any atom is 0.125 e. The van der Waals surface area contributed by atoms with Gasteiger partial charge in [-0.2, -0.15) is 5.10 Å². The lowest BCUT2D eigenvalue weighted by atomic mass is 10.3. The number of nitrogens with zero attached hydrogens (tertiary/aromatic N) is 2. The molecule has 4 nitrogen and oxygen atoms in total. The van der Waals surface area contributed by atoms with E-state index in [0.29, 0.717) is 6.54 Å². The molecule has 2 heterocycles. The zero-order valence-electron chi connectivity index (χ0n) is 10.4. The fraction of sp³-hybridized carbons (Fsp3) is 0.462. The Labute approximate surface area is 102 Å². The van der Waals surface area contributed by atoms with Crippen LogP contribution in [-0.4, -0.2) is 16.3 Å². The molecule has 0 saturated heterocycles. The average molecular weight is 233 g/mol. The summed E-state index contributed by atoms with van der Waals surface area (Å²) in [6.45, 7) is 6.80. The zero-order valence-corrected chi connectivity index (χ0v) is 10.4. The first kappa shape index (κ1) is 11.9. The molecular weight excluding hydrogens is 214 g/mol. The molecule has 0 atom stereocenters. The Morgan fingerprint density at radius 2 is 2.35 bits per heavy atom. The summed E-state index contributed by atoms with van der Waals surface area (Å²) in [6, 6.07) is 2.08. The van der Waals surface area contributed by atoms with E-state index in [1.54, 1.807) is 0 Å². The van der Waals surface area contributed by atoms with Crippen LogP contribution >= 0.6 is 0 Å². The normalized spacial score (nSPS) is 10.9. The number of aromatic nitrogens is 2. The minimum absolute atomic E-state index is 0.696. The second-order valence-corrected chi connectivity index (χ2v) is 4.31. The fourth-order valence-electron chi connectivity index (χ4n) is 1.72. The third kappa shape index (κ3) is 3.46. The van der Waals surface area contributed by atoms with Gasteiger partial charge < -0.3 is 9.73 Å². The molecule has 0 aliphatic heterocycles. The summed E-state index contributed by atoms with van der Waals surface area (Å²) < 4.78 is 7.39. The van der Waals surface area contributed by atoms with Crippen molar-refractivity contribution in [3.05, 3.63) is 41.6 Å². The van der Waals surface area contributed by atoms with Crippen molar-refractivity contribution >= 4 is 0 Å². The van der Waals surface area contributed by atoms with Gasteiger partial charge in [-0.1, -0.05) is 6.92 Å². The highest BCUT2D eigenvalue weighted by atomic mass is 16.3. The number of hydrogen-bond donors (Lipinski definition) is 1. The van der Waals surface area contributed by atoms with E-state index >= 15 is 0 Å². The number of aryl methyl sites for hydroxylation is 1. The van der Waals surface area contributed by atoms with Gasteiger partial charge in [-0.05, 0) is 31.5 Å². The molecule has 0 unspecified atom stereocenters. The minimum atomic E-state index is 0.696. The molecule has 0 bridgehead atoms. The van der Waals surface area contributed by atoms with Crippen LogP contribution in [0, 0.1) is 6.92 Å². The van der Waals surface area contributed by atoms with Gasteiger partial charge in [0.25, 0.3) is 0 Å². The first-order chi connectivity index (χ1) is 8.28. The third-order valence-electron chi connectivity index (χ3n) is 2.54. The van der Waals surface area contributed by atoms with E-state index < -0.39 is 0 Å². The standard InChI is InChI=1S/C13H19N3O/c1-3-4-14-7-12-5-13(17-10-12)9-16-8-11(2)6-15-16/h5-6,8,10,14H,3-4,7,9H2,1-2H3. The molecule has 0 aliphatic carbocycles.